The minimum atomic E-state index is -0.654. The van der Waals surface area contributed by atoms with E-state index in [-0.39, 0.29) is 0 Å². The molecule has 0 aromatic rings. The molecule has 0 aromatic carbocycles. The summed E-state index contributed by atoms with van der Waals surface area (Å²) >= 11 is 0. The normalized spacial score (nSPS) is 28.9. The summed E-state index contributed by atoms with van der Waals surface area (Å²) in [5.41, 5.74) is -0.654. The zero-order chi connectivity index (χ0) is 12.6. The van der Waals surface area contributed by atoms with Gasteiger partial charge in [-0.25, -0.2) is 0 Å². The molecule has 0 radical (unpaired) electrons. The van der Waals surface area contributed by atoms with E-state index in [0.717, 1.165) is 38.8 Å². The fourth-order valence-corrected chi connectivity index (χ4v) is 3.23. The quantitative estimate of drug-likeness (QED) is 0.751. The van der Waals surface area contributed by atoms with Crippen molar-refractivity contribution in [3.8, 4) is 0 Å². The first-order valence-corrected chi connectivity index (χ1v) is 7.44. The van der Waals surface area contributed by atoms with Crippen LogP contribution in [0.25, 0.3) is 0 Å². The number of nitrogens with zero attached hydrogens (tertiary/aromatic N) is 1. The highest BCUT2D eigenvalue weighted by Gasteiger charge is 2.53. The molecule has 4 nitrogen and oxygen atoms in total. The van der Waals surface area contributed by atoms with Crippen LogP contribution >= 0.6 is 0 Å². The van der Waals surface area contributed by atoms with Crippen LogP contribution in [0.2, 0.25) is 0 Å². The third kappa shape index (κ3) is 2.54. The van der Waals surface area contributed by atoms with Crippen molar-refractivity contribution in [2.45, 2.75) is 56.5 Å². The highest BCUT2D eigenvalue weighted by molar-refractivity contribution is 5.80. The number of piperidine rings is 1. The molecule has 1 aliphatic heterocycles. The summed E-state index contributed by atoms with van der Waals surface area (Å²) < 4.78 is 0. The Balaban J connectivity index is 1.71. The molecule has 1 saturated heterocycles. The second kappa shape index (κ2) is 4.82. The summed E-state index contributed by atoms with van der Waals surface area (Å²) in [5, 5.41) is 13.2. The number of carbonyl (C=O) groups is 1. The molecule has 0 aromatic heterocycles. The number of hydrogen-bond donors (Lipinski definition) is 2. The standard InChI is InChI=1S/C14H24N2O2/c17-13(18)14(11-4-5-11,15-12-6-7-12)10-16-8-2-1-3-9-16/h11-12,15H,1-10H2,(H,17,18). The maximum atomic E-state index is 11.9. The van der Waals surface area contributed by atoms with Crippen LogP contribution in [0.5, 0.6) is 0 Å². The van der Waals surface area contributed by atoms with Gasteiger partial charge in [-0.3, -0.25) is 10.1 Å². The predicted molar refractivity (Wildman–Crippen MR) is 69.5 cm³/mol. The van der Waals surface area contributed by atoms with Gasteiger partial charge in [0, 0.05) is 12.6 Å². The van der Waals surface area contributed by atoms with Gasteiger partial charge in [0.15, 0.2) is 0 Å². The van der Waals surface area contributed by atoms with Gasteiger partial charge in [-0.2, -0.15) is 0 Å². The number of aliphatic carboxylic acids is 1. The molecular weight excluding hydrogens is 228 g/mol. The fourth-order valence-electron chi connectivity index (χ4n) is 3.23. The summed E-state index contributed by atoms with van der Waals surface area (Å²) in [5.74, 6) is -0.264. The SMILES string of the molecule is O=C(O)C(CN1CCCCC1)(NC1CC1)C1CC1. The van der Waals surface area contributed by atoms with E-state index >= 15 is 0 Å². The molecule has 2 N–H and O–H groups in total. The Bertz CT molecular complexity index is 320. The Labute approximate surface area is 109 Å². The van der Waals surface area contributed by atoms with Gasteiger partial charge in [0.1, 0.15) is 5.54 Å². The average Bonchev–Trinajstić information content (AvgIpc) is 3.23. The molecule has 4 heteroatoms. The number of hydrogen-bond acceptors (Lipinski definition) is 3. The average molecular weight is 252 g/mol. The molecule has 2 aliphatic carbocycles. The smallest absolute Gasteiger partial charge is 0.325 e. The van der Waals surface area contributed by atoms with E-state index in [9.17, 15) is 9.90 Å². The van der Waals surface area contributed by atoms with Gasteiger partial charge >= 0.3 is 5.97 Å². The first kappa shape index (κ1) is 12.4. The zero-order valence-corrected chi connectivity index (χ0v) is 11.0. The van der Waals surface area contributed by atoms with Crippen LogP contribution in [0.15, 0.2) is 0 Å². The van der Waals surface area contributed by atoms with Crippen molar-refractivity contribution >= 4 is 5.97 Å². The van der Waals surface area contributed by atoms with Gasteiger partial charge in [0.2, 0.25) is 0 Å². The topological polar surface area (TPSA) is 52.6 Å². The third-order valence-electron chi connectivity index (χ3n) is 4.62. The van der Waals surface area contributed by atoms with Crippen LogP contribution in [0.4, 0.5) is 0 Å². The van der Waals surface area contributed by atoms with Gasteiger partial charge in [0.05, 0.1) is 0 Å². The number of nitrogens with one attached hydrogen (secondary N) is 1. The lowest BCUT2D eigenvalue weighted by molar-refractivity contribution is -0.147. The van der Waals surface area contributed by atoms with Gasteiger partial charge in [-0.1, -0.05) is 6.42 Å². The fraction of sp³-hybridized carbons (Fsp3) is 0.929. The number of likely N-dealkylation sites (tertiary alicyclic amines) is 1. The highest BCUT2D eigenvalue weighted by atomic mass is 16.4. The monoisotopic (exact) mass is 252 g/mol. The van der Waals surface area contributed by atoms with Crippen LogP contribution < -0.4 is 5.32 Å². The van der Waals surface area contributed by atoms with Crippen LogP contribution in [0.3, 0.4) is 0 Å². The predicted octanol–water partition coefficient (Wildman–Crippen LogP) is 1.46. The Morgan fingerprint density at radius 1 is 1.17 bits per heavy atom. The molecule has 102 valence electrons. The molecule has 3 aliphatic rings. The lowest BCUT2D eigenvalue weighted by Gasteiger charge is -2.38. The summed E-state index contributed by atoms with van der Waals surface area (Å²) in [6.07, 6.45) is 8.23. The molecule has 0 amide bonds. The number of carboxylic acids is 1. The molecule has 18 heavy (non-hydrogen) atoms. The van der Waals surface area contributed by atoms with Gasteiger partial charge in [0.25, 0.3) is 0 Å². The Morgan fingerprint density at radius 3 is 2.33 bits per heavy atom. The van der Waals surface area contributed by atoms with Crippen molar-refractivity contribution < 1.29 is 9.90 Å². The lowest BCUT2D eigenvalue weighted by Crippen LogP contribution is -2.62. The second-order valence-electron chi connectivity index (χ2n) is 6.31. The summed E-state index contributed by atoms with van der Waals surface area (Å²) in [6.45, 7) is 2.87. The largest absolute Gasteiger partial charge is 0.480 e. The van der Waals surface area contributed by atoms with Gasteiger partial charge in [-0.15, -0.1) is 0 Å². The zero-order valence-electron chi connectivity index (χ0n) is 11.0. The lowest BCUT2D eigenvalue weighted by atomic mass is 9.91. The molecule has 0 spiro atoms. The summed E-state index contributed by atoms with van der Waals surface area (Å²) in [4.78, 5) is 14.2. The minimum absolute atomic E-state index is 0.359. The molecule has 0 bridgehead atoms. The minimum Gasteiger partial charge on any atom is -0.480 e. The van der Waals surface area contributed by atoms with E-state index in [2.05, 4.69) is 10.2 Å². The molecule has 3 rings (SSSR count). The second-order valence-corrected chi connectivity index (χ2v) is 6.31. The van der Waals surface area contributed by atoms with Crippen molar-refractivity contribution in [1.82, 2.24) is 10.2 Å². The first-order chi connectivity index (χ1) is 8.71. The maximum Gasteiger partial charge on any atom is 0.325 e. The Hall–Kier alpha value is -0.610. The van der Waals surface area contributed by atoms with Gasteiger partial charge < -0.3 is 10.0 Å². The van der Waals surface area contributed by atoms with Crippen LogP contribution in [-0.4, -0.2) is 47.2 Å². The van der Waals surface area contributed by atoms with Crippen molar-refractivity contribution in [2.24, 2.45) is 5.92 Å². The van der Waals surface area contributed by atoms with E-state index in [1.165, 1.54) is 19.3 Å². The third-order valence-corrected chi connectivity index (χ3v) is 4.62. The molecule has 3 fully saturated rings. The maximum absolute atomic E-state index is 11.9. The molecule has 1 atom stereocenters. The van der Waals surface area contributed by atoms with Crippen molar-refractivity contribution in [3.05, 3.63) is 0 Å². The Kier molecular flexibility index (Phi) is 3.32. The van der Waals surface area contributed by atoms with Gasteiger partial charge in [-0.05, 0) is 57.5 Å². The summed E-state index contributed by atoms with van der Waals surface area (Å²) in [6, 6.07) is 0.464. The highest BCUT2D eigenvalue weighted by Crippen LogP contribution is 2.42. The number of rotatable bonds is 6. The van der Waals surface area contributed by atoms with Crippen molar-refractivity contribution in [2.75, 3.05) is 19.6 Å². The van der Waals surface area contributed by atoms with Crippen LogP contribution in [0.1, 0.15) is 44.9 Å². The molecule has 2 saturated carbocycles. The van der Waals surface area contributed by atoms with E-state index in [1.807, 2.05) is 0 Å². The van der Waals surface area contributed by atoms with E-state index < -0.39 is 11.5 Å². The molecule has 1 unspecified atom stereocenters. The number of carboxylic acid groups (broad SMARTS) is 1. The van der Waals surface area contributed by atoms with Crippen molar-refractivity contribution in [1.29, 1.82) is 0 Å². The Morgan fingerprint density at radius 2 is 1.83 bits per heavy atom. The first-order valence-electron chi connectivity index (χ1n) is 7.44. The van der Waals surface area contributed by atoms with E-state index in [4.69, 9.17) is 0 Å². The molecular formula is C14H24N2O2. The molecule has 1 heterocycles. The van der Waals surface area contributed by atoms with Crippen molar-refractivity contribution in [3.63, 3.8) is 0 Å². The summed E-state index contributed by atoms with van der Waals surface area (Å²) in [7, 11) is 0. The van der Waals surface area contributed by atoms with E-state index in [0.29, 0.717) is 18.5 Å². The van der Waals surface area contributed by atoms with Crippen LogP contribution in [-0.2, 0) is 4.79 Å². The van der Waals surface area contributed by atoms with Crippen LogP contribution in [0, 0.1) is 5.92 Å². The van der Waals surface area contributed by atoms with E-state index in [1.54, 1.807) is 0 Å².